The van der Waals surface area contributed by atoms with Crippen LogP contribution in [0.25, 0.3) is 0 Å². The van der Waals surface area contributed by atoms with Gasteiger partial charge >= 0.3 is 0 Å². The summed E-state index contributed by atoms with van der Waals surface area (Å²) >= 11 is 0. The van der Waals surface area contributed by atoms with Gasteiger partial charge < -0.3 is 9.64 Å². The summed E-state index contributed by atoms with van der Waals surface area (Å²) in [5.74, 6) is 0.160. The van der Waals surface area contributed by atoms with Crippen LogP contribution in [-0.2, 0) is 14.9 Å². The molecule has 0 radical (unpaired) electrons. The van der Waals surface area contributed by atoms with E-state index in [1.54, 1.807) is 0 Å². The molecule has 2 heterocycles. The van der Waals surface area contributed by atoms with Crippen molar-refractivity contribution < 1.29 is 9.53 Å². The number of ketones is 1. The number of hydrogen-bond donors (Lipinski definition) is 0. The van der Waals surface area contributed by atoms with Crippen LogP contribution in [-0.4, -0.2) is 49.6 Å². The third-order valence-electron chi connectivity index (χ3n) is 5.40. The molecule has 1 aromatic carbocycles. The number of benzene rings is 1. The normalized spacial score (nSPS) is 24.2. The topological polar surface area (TPSA) is 32.8 Å². The van der Waals surface area contributed by atoms with Crippen LogP contribution in [0.1, 0.15) is 33.3 Å². The highest BCUT2D eigenvalue weighted by atomic mass is 16.5. The largest absolute Gasteiger partial charge is 0.378 e. The predicted molar refractivity (Wildman–Crippen MR) is 97.4 cm³/mol. The lowest BCUT2D eigenvalue weighted by Crippen LogP contribution is -2.54. The molecule has 1 saturated heterocycles. The van der Waals surface area contributed by atoms with Crippen LogP contribution < -0.4 is 4.90 Å². The second-order valence-corrected chi connectivity index (χ2v) is 7.98. The summed E-state index contributed by atoms with van der Waals surface area (Å²) in [6, 6.07) is 8.39. The Morgan fingerprint density at radius 1 is 1.25 bits per heavy atom. The van der Waals surface area contributed by atoms with Crippen molar-refractivity contribution >= 4 is 11.5 Å². The van der Waals surface area contributed by atoms with Crippen LogP contribution in [0.15, 0.2) is 36.0 Å². The first-order chi connectivity index (χ1) is 11.2. The van der Waals surface area contributed by atoms with Crippen LogP contribution >= 0.6 is 0 Å². The number of likely N-dealkylation sites (N-methyl/N-ethyl adjacent to an activating group) is 1. The molecule has 2 aliphatic heterocycles. The minimum Gasteiger partial charge on any atom is -0.378 e. The van der Waals surface area contributed by atoms with Gasteiger partial charge in [-0.25, -0.2) is 0 Å². The van der Waals surface area contributed by atoms with Gasteiger partial charge in [-0.05, 0) is 25.5 Å². The molecule has 0 saturated carbocycles. The number of anilines is 1. The zero-order chi connectivity index (χ0) is 17.5. The van der Waals surface area contributed by atoms with E-state index in [0.29, 0.717) is 19.8 Å². The number of ether oxygens (including phenoxy) is 1. The molecule has 3 rings (SSSR count). The Morgan fingerprint density at radius 3 is 2.62 bits per heavy atom. The van der Waals surface area contributed by atoms with E-state index in [1.165, 1.54) is 11.3 Å². The fraction of sp³-hybridized carbons (Fsp3) is 0.550. The summed E-state index contributed by atoms with van der Waals surface area (Å²) in [6.45, 7) is 11.3. The molecule has 0 aliphatic carbocycles. The van der Waals surface area contributed by atoms with Crippen molar-refractivity contribution in [1.82, 2.24) is 4.90 Å². The molecule has 4 heteroatoms. The van der Waals surface area contributed by atoms with Crippen LogP contribution in [0, 0.1) is 0 Å². The summed E-state index contributed by atoms with van der Waals surface area (Å²) in [6.07, 6.45) is 1.84. The summed E-state index contributed by atoms with van der Waals surface area (Å²) < 4.78 is 5.55. The average molecular weight is 328 g/mol. The lowest BCUT2D eigenvalue weighted by molar-refractivity contribution is -0.120. The van der Waals surface area contributed by atoms with Gasteiger partial charge in [0.2, 0.25) is 0 Å². The first-order valence-corrected chi connectivity index (χ1v) is 8.64. The Hall–Kier alpha value is -1.65. The highest BCUT2D eigenvalue weighted by Crippen LogP contribution is 2.46. The second-order valence-electron chi connectivity index (χ2n) is 7.98. The van der Waals surface area contributed by atoms with E-state index in [-0.39, 0.29) is 16.7 Å². The molecule has 1 fully saturated rings. The number of carbonyl (C=O) groups excluding carboxylic acids is 1. The van der Waals surface area contributed by atoms with Gasteiger partial charge in [-0.2, -0.15) is 0 Å². The van der Waals surface area contributed by atoms with Crippen molar-refractivity contribution in [2.24, 2.45) is 0 Å². The fourth-order valence-electron chi connectivity index (χ4n) is 3.83. The third kappa shape index (κ3) is 2.89. The predicted octanol–water partition coefficient (Wildman–Crippen LogP) is 2.98. The zero-order valence-electron chi connectivity index (χ0n) is 15.4. The minimum atomic E-state index is -0.151. The van der Waals surface area contributed by atoms with Gasteiger partial charge in [-0.3, -0.25) is 9.69 Å². The van der Waals surface area contributed by atoms with E-state index in [1.807, 2.05) is 19.2 Å². The fourth-order valence-corrected chi connectivity index (χ4v) is 3.83. The number of nitrogens with zero attached hydrogens (tertiary/aromatic N) is 2. The van der Waals surface area contributed by atoms with Gasteiger partial charge in [0, 0.05) is 42.0 Å². The molecule has 0 spiro atoms. The van der Waals surface area contributed by atoms with Crippen LogP contribution in [0.5, 0.6) is 0 Å². The highest BCUT2D eigenvalue weighted by Gasteiger charge is 2.39. The Labute approximate surface area is 145 Å². The molecule has 0 amide bonds. The summed E-state index contributed by atoms with van der Waals surface area (Å²) in [4.78, 5) is 17.1. The summed E-state index contributed by atoms with van der Waals surface area (Å²) in [5, 5.41) is 0. The van der Waals surface area contributed by atoms with E-state index in [9.17, 15) is 4.79 Å². The lowest BCUT2D eigenvalue weighted by Gasteiger charge is -2.41. The number of morpholine rings is 1. The van der Waals surface area contributed by atoms with Crippen molar-refractivity contribution in [2.45, 2.75) is 38.6 Å². The third-order valence-corrected chi connectivity index (χ3v) is 5.40. The zero-order valence-corrected chi connectivity index (χ0v) is 15.4. The van der Waals surface area contributed by atoms with Crippen molar-refractivity contribution in [3.05, 3.63) is 41.6 Å². The molecular weight excluding hydrogens is 300 g/mol. The Bertz CT molecular complexity index is 676. The van der Waals surface area contributed by atoms with Crippen LogP contribution in [0.2, 0.25) is 0 Å². The van der Waals surface area contributed by atoms with Gasteiger partial charge in [0.25, 0.3) is 0 Å². The monoisotopic (exact) mass is 328 g/mol. The van der Waals surface area contributed by atoms with Gasteiger partial charge in [0.1, 0.15) is 0 Å². The molecule has 24 heavy (non-hydrogen) atoms. The number of allylic oxidation sites excluding steroid dienone is 1. The molecule has 0 aromatic heterocycles. The Morgan fingerprint density at radius 2 is 1.96 bits per heavy atom. The van der Waals surface area contributed by atoms with E-state index in [4.69, 9.17) is 4.74 Å². The molecule has 0 N–H and O–H groups in total. The first-order valence-electron chi connectivity index (χ1n) is 8.64. The molecule has 0 bridgehead atoms. The number of carbonyl (C=O) groups is 1. The Kier molecular flexibility index (Phi) is 4.30. The van der Waals surface area contributed by atoms with E-state index in [2.05, 4.69) is 55.7 Å². The van der Waals surface area contributed by atoms with E-state index < -0.39 is 0 Å². The second kappa shape index (κ2) is 6.01. The van der Waals surface area contributed by atoms with Crippen molar-refractivity contribution in [3.63, 3.8) is 0 Å². The first kappa shape index (κ1) is 17.2. The molecule has 2 aliphatic rings. The lowest BCUT2D eigenvalue weighted by atomic mass is 9.83. The maximum absolute atomic E-state index is 12.8. The SMILES string of the molecule is CN1/C(=C\C(=O)CN2CCOCC2(C)C)C(C)(C)c2ccccc21. The smallest absolute Gasteiger partial charge is 0.171 e. The molecule has 0 unspecified atom stereocenters. The van der Waals surface area contributed by atoms with Crippen LogP contribution in [0.3, 0.4) is 0 Å². The maximum atomic E-state index is 12.8. The number of fused-ring (bicyclic) bond motifs is 1. The van der Waals surface area contributed by atoms with Crippen LogP contribution in [0.4, 0.5) is 5.69 Å². The standard InChI is InChI=1S/C20H28N2O2/c1-19(2)14-24-11-10-22(19)13-15(23)12-18-20(3,4)16-8-6-7-9-17(16)21(18)5/h6-9,12H,10-11,13-14H2,1-5H3/b18-12-. The minimum absolute atomic E-state index is 0.0908. The van der Waals surface area contributed by atoms with E-state index in [0.717, 1.165) is 12.2 Å². The highest BCUT2D eigenvalue weighted by molar-refractivity contribution is 5.94. The summed E-state index contributed by atoms with van der Waals surface area (Å²) in [5.41, 5.74) is 3.29. The van der Waals surface area contributed by atoms with Gasteiger partial charge in [0.15, 0.2) is 5.78 Å². The molecular formula is C20H28N2O2. The van der Waals surface area contributed by atoms with Crippen molar-refractivity contribution in [1.29, 1.82) is 0 Å². The van der Waals surface area contributed by atoms with E-state index >= 15 is 0 Å². The molecule has 0 atom stereocenters. The number of rotatable bonds is 3. The van der Waals surface area contributed by atoms with Crippen molar-refractivity contribution in [2.75, 3.05) is 38.3 Å². The quantitative estimate of drug-likeness (QED) is 0.799. The van der Waals surface area contributed by atoms with Crippen molar-refractivity contribution in [3.8, 4) is 0 Å². The van der Waals surface area contributed by atoms with Gasteiger partial charge in [0.05, 0.1) is 19.8 Å². The van der Waals surface area contributed by atoms with Gasteiger partial charge in [-0.15, -0.1) is 0 Å². The molecule has 1 aromatic rings. The van der Waals surface area contributed by atoms with Gasteiger partial charge in [-0.1, -0.05) is 32.0 Å². The number of para-hydroxylation sites is 1. The Balaban J connectivity index is 1.82. The number of hydrogen-bond acceptors (Lipinski definition) is 4. The maximum Gasteiger partial charge on any atom is 0.171 e. The molecule has 4 nitrogen and oxygen atoms in total. The average Bonchev–Trinajstić information content (AvgIpc) is 2.71. The molecule has 130 valence electrons. The summed E-state index contributed by atoms with van der Waals surface area (Å²) in [7, 11) is 2.05.